The molecule has 0 atom stereocenters. The van der Waals surface area contributed by atoms with E-state index in [9.17, 15) is 9.59 Å². The number of ether oxygens (including phenoxy) is 1. The summed E-state index contributed by atoms with van der Waals surface area (Å²) >= 11 is 0. The normalized spacial score (nSPS) is 14.2. The van der Waals surface area contributed by atoms with Gasteiger partial charge in [-0.05, 0) is 0 Å². The van der Waals surface area contributed by atoms with Crippen LogP contribution in [-0.2, 0) is 14.3 Å². The van der Waals surface area contributed by atoms with Crippen LogP contribution in [0.25, 0.3) is 0 Å². The van der Waals surface area contributed by atoms with Crippen LogP contribution >= 0.6 is 0 Å². The van der Waals surface area contributed by atoms with Crippen LogP contribution in [-0.4, -0.2) is 11.8 Å². The zero-order valence-electron chi connectivity index (χ0n) is 5.95. The van der Waals surface area contributed by atoms with Gasteiger partial charge in [0, 0.05) is 0 Å². The molecule has 0 bridgehead atoms. The van der Waals surface area contributed by atoms with Crippen LogP contribution in [0.5, 0.6) is 0 Å². The minimum absolute atomic E-state index is 0.114. The summed E-state index contributed by atoms with van der Waals surface area (Å²) in [5, 5.41) is 0. The molecule has 0 aromatic heterocycles. The lowest BCUT2D eigenvalue weighted by Gasteiger charge is -1.96. The second-order valence-electron chi connectivity index (χ2n) is 2.21. The Morgan fingerprint density at radius 1 is 1.55 bits per heavy atom. The average Bonchev–Trinajstić information content (AvgIpc) is 2.67. The summed E-state index contributed by atoms with van der Waals surface area (Å²) in [6.07, 6.45) is 4.34. The van der Waals surface area contributed by atoms with Crippen LogP contribution in [0.4, 0.5) is 0 Å². The van der Waals surface area contributed by atoms with Gasteiger partial charge in [0.05, 0.1) is 12.2 Å². The molecule has 0 N–H and O–H groups in total. The van der Waals surface area contributed by atoms with Gasteiger partial charge in [-0.2, -0.15) is 0 Å². The van der Waals surface area contributed by atoms with Crippen molar-refractivity contribution < 1.29 is 14.3 Å². The average molecular weight is 152 g/mol. The van der Waals surface area contributed by atoms with Gasteiger partial charge < -0.3 is 4.74 Å². The molecular weight excluding hydrogens is 144 g/mol. The molecule has 0 amide bonds. The molecule has 1 aliphatic carbocycles. The molecule has 0 aromatic carbocycles. The standard InChI is InChI=1S/C8H8O3/c1-2-11-8(10)5-7(9)6-3-4-6/h2-4,6H,1,5H2. The van der Waals surface area contributed by atoms with E-state index < -0.39 is 5.97 Å². The molecule has 3 heteroatoms. The molecule has 0 heterocycles. The molecule has 0 saturated heterocycles. The largest absolute Gasteiger partial charge is 0.435 e. The number of carbonyl (C=O) groups is 2. The summed E-state index contributed by atoms with van der Waals surface area (Å²) in [6.45, 7) is 3.20. The Labute approximate surface area is 64.3 Å². The van der Waals surface area contributed by atoms with Crippen LogP contribution in [0.15, 0.2) is 25.0 Å². The first kappa shape index (κ1) is 7.72. The number of ketones is 1. The zero-order valence-corrected chi connectivity index (χ0v) is 5.95. The molecule has 3 nitrogen and oxygen atoms in total. The van der Waals surface area contributed by atoms with Gasteiger partial charge in [0.2, 0.25) is 0 Å². The van der Waals surface area contributed by atoms with Crippen molar-refractivity contribution in [3.63, 3.8) is 0 Å². The van der Waals surface area contributed by atoms with E-state index in [0.717, 1.165) is 6.26 Å². The number of Topliss-reactive ketones (excluding diaryl/α,β-unsaturated/α-hetero) is 1. The van der Waals surface area contributed by atoms with E-state index in [-0.39, 0.29) is 18.1 Å². The zero-order chi connectivity index (χ0) is 8.27. The highest BCUT2D eigenvalue weighted by molar-refractivity contribution is 6.00. The Morgan fingerprint density at radius 2 is 2.18 bits per heavy atom. The van der Waals surface area contributed by atoms with Crippen LogP contribution in [0.3, 0.4) is 0 Å². The van der Waals surface area contributed by atoms with Crippen molar-refractivity contribution in [1.29, 1.82) is 0 Å². The van der Waals surface area contributed by atoms with Crippen LogP contribution in [0.2, 0.25) is 0 Å². The van der Waals surface area contributed by atoms with Crippen LogP contribution in [0.1, 0.15) is 6.42 Å². The van der Waals surface area contributed by atoms with Crippen molar-refractivity contribution in [3.8, 4) is 0 Å². The molecule has 0 aromatic rings. The third-order valence-corrected chi connectivity index (χ3v) is 1.29. The van der Waals surface area contributed by atoms with E-state index in [1.165, 1.54) is 0 Å². The monoisotopic (exact) mass is 152 g/mol. The van der Waals surface area contributed by atoms with E-state index in [1.807, 2.05) is 0 Å². The summed E-state index contributed by atoms with van der Waals surface area (Å²) < 4.78 is 4.37. The minimum Gasteiger partial charge on any atom is -0.435 e. The van der Waals surface area contributed by atoms with Gasteiger partial charge in [0.15, 0.2) is 5.78 Å². The first-order valence-electron chi connectivity index (χ1n) is 3.25. The lowest BCUT2D eigenvalue weighted by atomic mass is 10.2. The van der Waals surface area contributed by atoms with Crippen molar-refractivity contribution >= 4 is 11.8 Å². The maximum absolute atomic E-state index is 10.9. The Bertz CT molecular complexity index is 221. The van der Waals surface area contributed by atoms with Crippen LogP contribution in [0, 0.1) is 5.92 Å². The number of hydrogen-bond acceptors (Lipinski definition) is 3. The van der Waals surface area contributed by atoms with Crippen molar-refractivity contribution in [2.24, 2.45) is 5.92 Å². The fourth-order valence-corrected chi connectivity index (χ4v) is 0.665. The molecule has 1 rings (SSSR count). The van der Waals surface area contributed by atoms with Crippen molar-refractivity contribution in [3.05, 3.63) is 25.0 Å². The fraction of sp³-hybridized carbons (Fsp3) is 0.250. The Hall–Kier alpha value is -1.38. The van der Waals surface area contributed by atoms with Gasteiger partial charge in [-0.25, -0.2) is 0 Å². The van der Waals surface area contributed by atoms with Gasteiger partial charge in [-0.15, -0.1) is 0 Å². The summed E-state index contributed by atoms with van der Waals surface area (Å²) in [5.41, 5.74) is 0. The second kappa shape index (κ2) is 3.14. The summed E-state index contributed by atoms with van der Waals surface area (Å²) in [6, 6.07) is 0. The first-order valence-corrected chi connectivity index (χ1v) is 3.25. The fourth-order valence-electron chi connectivity index (χ4n) is 0.665. The van der Waals surface area contributed by atoms with Gasteiger partial charge in [0.1, 0.15) is 6.42 Å². The quantitative estimate of drug-likeness (QED) is 0.259. The molecule has 0 fully saturated rings. The lowest BCUT2D eigenvalue weighted by molar-refractivity contribution is -0.141. The molecule has 0 aliphatic heterocycles. The van der Waals surface area contributed by atoms with E-state index in [1.54, 1.807) is 12.2 Å². The van der Waals surface area contributed by atoms with Crippen LogP contribution < -0.4 is 0 Å². The SMILES string of the molecule is C=COC(=O)CC(=O)C1C=C1. The van der Waals surface area contributed by atoms with Crippen molar-refractivity contribution in [1.82, 2.24) is 0 Å². The number of hydrogen-bond donors (Lipinski definition) is 0. The second-order valence-corrected chi connectivity index (χ2v) is 2.21. The Morgan fingerprint density at radius 3 is 2.64 bits per heavy atom. The Kier molecular flexibility index (Phi) is 2.21. The highest BCUT2D eigenvalue weighted by Gasteiger charge is 2.23. The predicted octanol–water partition coefficient (Wildman–Crippen LogP) is 0.818. The lowest BCUT2D eigenvalue weighted by Crippen LogP contribution is -2.10. The number of carbonyl (C=O) groups excluding carboxylic acids is 2. The van der Waals surface area contributed by atoms with Gasteiger partial charge in [-0.1, -0.05) is 18.7 Å². The van der Waals surface area contributed by atoms with E-state index in [0.29, 0.717) is 0 Å². The molecular formula is C8H8O3. The number of esters is 1. The molecule has 0 unspecified atom stereocenters. The van der Waals surface area contributed by atoms with Gasteiger partial charge in [0.25, 0.3) is 0 Å². The van der Waals surface area contributed by atoms with E-state index in [2.05, 4.69) is 11.3 Å². The number of allylic oxidation sites excluding steroid dienone is 2. The summed E-state index contributed by atoms with van der Waals surface area (Å²) in [7, 11) is 0. The third kappa shape index (κ3) is 2.37. The molecule has 0 radical (unpaired) electrons. The molecule has 11 heavy (non-hydrogen) atoms. The molecule has 1 aliphatic rings. The molecule has 0 spiro atoms. The third-order valence-electron chi connectivity index (χ3n) is 1.29. The van der Waals surface area contributed by atoms with Crippen molar-refractivity contribution in [2.45, 2.75) is 6.42 Å². The van der Waals surface area contributed by atoms with Crippen molar-refractivity contribution in [2.75, 3.05) is 0 Å². The van der Waals surface area contributed by atoms with Gasteiger partial charge in [-0.3, -0.25) is 9.59 Å². The minimum atomic E-state index is -0.543. The first-order chi connectivity index (χ1) is 5.24. The topological polar surface area (TPSA) is 43.4 Å². The summed E-state index contributed by atoms with van der Waals surface area (Å²) in [4.78, 5) is 21.5. The Balaban J connectivity index is 2.23. The number of rotatable bonds is 4. The highest BCUT2D eigenvalue weighted by Crippen LogP contribution is 2.18. The maximum Gasteiger partial charge on any atom is 0.318 e. The van der Waals surface area contributed by atoms with Gasteiger partial charge >= 0.3 is 5.97 Å². The maximum atomic E-state index is 10.9. The van der Waals surface area contributed by atoms with E-state index >= 15 is 0 Å². The summed E-state index contributed by atoms with van der Waals surface area (Å²) in [5.74, 6) is -0.775. The molecule has 0 saturated carbocycles. The smallest absolute Gasteiger partial charge is 0.318 e. The molecule has 58 valence electrons. The highest BCUT2D eigenvalue weighted by atomic mass is 16.5. The predicted molar refractivity (Wildman–Crippen MR) is 38.5 cm³/mol. The van der Waals surface area contributed by atoms with E-state index in [4.69, 9.17) is 0 Å².